The van der Waals surface area contributed by atoms with E-state index in [4.69, 9.17) is 5.11 Å². The van der Waals surface area contributed by atoms with E-state index in [2.05, 4.69) is 0 Å². The lowest BCUT2D eigenvalue weighted by Crippen LogP contribution is -2.26. The first-order valence-corrected chi connectivity index (χ1v) is 6.74. The summed E-state index contributed by atoms with van der Waals surface area (Å²) in [6.07, 6.45) is 1.14. The minimum atomic E-state index is -2.09. The van der Waals surface area contributed by atoms with E-state index in [1.54, 1.807) is 12.1 Å². The van der Waals surface area contributed by atoms with Crippen LogP contribution in [0.5, 0.6) is 0 Å². The van der Waals surface area contributed by atoms with Crippen molar-refractivity contribution >= 4 is 22.9 Å². The van der Waals surface area contributed by atoms with Crippen molar-refractivity contribution in [1.82, 2.24) is 0 Å². The van der Waals surface area contributed by atoms with E-state index in [9.17, 15) is 13.6 Å². The van der Waals surface area contributed by atoms with Crippen molar-refractivity contribution in [3.8, 4) is 0 Å². The van der Waals surface area contributed by atoms with Gasteiger partial charge in [0.05, 0.1) is 5.69 Å². The van der Waals surface area contributed by atoms with E-state index in [0.29, 0.717) is 25.1 Å². The van der Waals surface area contributed by atoms with Crippen LogP contribution in [0.25, 0.3) is 0 Å². The fraction of sp³-hybridized carbons (Fsp3) is 0.417. The zero-order valence-electron chi connectivity index (χ0n) is 10.2. The smallest absolute Gasteiger partial charge is 0.303 e. The molecule has 1 atom stereocenters. The topological polar surface area (TPSA) is 77.8 Å². The van der Waals surface area contributed by atoms with Gasteiger partial charge in [-0.25, -0.2) is 4.21 Å². The molecule has 0 aliphatic heterocycles. The Labute approximate surface area is 109 Å². The molecule has 1 aromatic carbocycles. The summed E-state index contributed by atoms with van der Waals surface area (Å²) in [6.45, 7) is 2.30. The van der Waals surface area contributed by atoms with Crippen molar-refractivity contribution in [2.75, 3.05) is 10.8 Å². The molecule has 0 saturated carbocycles. The molecular formula is C12H17NO4S. The van der Waals surface area contributed by atoms with Crippen LogP contribution in [0.4, 0.5) is 5.69 Å². The lowest BCUT2D eigenvalue weighted by molar-refractivity contribution is -0.137. The number of anilines is 1. The minimum Gasteiger partial charge on any atom is -0.481 e. The van der Waals surface area contributed by atoms with Crippen LogP contribution < -0.4 is 4.31 Å². The van der Waals surface area contributed by atoms with Crippen molar-refractivity contribution in [2.45, 2.75) is 26.2 Å². The first-order chi connectivity index (χ1) is 8.50. The van der Waals surface area contributed by atoms with Crippen molar-refractivity contribution in [1.29, 1.82) is 0 Å². The summed E-state index contributed by atoms with van der Waals surface area (Å²) in [6, 6.07) is 7.29. The molecule has 0 aliphatic rings. The van der Waals surface area contributed by atoms with Gasteiger partial charge in [-0.05, 0) is 31.9 Å². The predicted molar refractivity (Wildman–Crippen MR) is 70.8 cm³/mol. The molecule has 18 heavy (non-hydrogen) atoms. The zero-order valence-corrected chi connectivity index (χ0v) is 11.0. The summed E-state index contributed by atoms with van der Waals surface area (Å²) in [7, 11) is 0. The highest BCUT2D eigenvalue weighted by atomic mass is 32.2. The van der Waals surface area contributed by atoms with Gasteiger partial charge < -0.3 is 5.11 Å². The quantitative estimate of drug-likeness (QED) is 0.588. The van der Waals surface area contributed by atoms with E-state index < -0.39 is 17.2 Å². The molecule has 0 spiro atoms. The van der Waals surface area contributed by atoms with Crippen LogP contribution in [-0.4, -0.2) is 26.4 Å². The molecule has 1 aromatic rings. The van der Waals surface area contributed by atoms with E-state index >= 15 is 0 Å². The number of aliphatic carboxylic acids is 1. The largest absolute Gasteiger partial charge is 0.481 e. The second-order valence-electron chi connectivity index (χ2n) is 4.02. The van der Waals surface area contributed by atoms with Gasteiger partial charge >= 0.3 is 5.97 Å². The predicted octanol–water partition coefficient (Wildman–Crippen LogP) is 2.19. The van der Waals surface area contributed by atoms with Crippen molar-refractivity contribution < 1.29 is 18.7 Å². The average Bonchev–Trinajstić information content (AvgIpc) is 2.30. The number of nitrogens with zero attached hydrogens (tertiary/aromatic N) is 1. The molecule has 0 heterocycles. The summed E-state index contributed by atoms with van der Waals surface area (Å²) in [5.74, 6) is -0.845. The molecule has 100 valence electrons. The Morgan fingerprint density at radius 3 is 2.39 bits per heavy atom. The maximum absolute atomic E-state index is 11.2. The monoisotopic (exact) mass is 271 g/mol. The molecule has 0 fully saturated rings. The third kappa shape index (κ3) is 4.85. The highest BCUT2D eigenvalue weighted by Gasteiger charge is 2.11. The van der Waals surface area contributed by atoms with Crippen molar-refractivity contribution in [2.24, 2.45) is 0 Å². The summed E-state index contributed by atoms with van der Waals surface area (Å²) in [5.41, 5.74) is 1.74. The normalized spacial score (nSPS) is 12.1. The van der Waals surface area contributed by atoms with E-state index in [1.165, 1.54) is 4.31 Å². The second kappa shape index (κ2) is 7.13. The Bertz CT molecular complexity index is 419. The fourth-order valence-corrected chi connectivity index (χ4v) is 2.13. The molecule has 0 saturated heterocycles. The van der Waals surface area contributed by atoms with Crippen LogP contribution in [0.3, 0.4) is 0 Å². The molecule has 0 aliphatic carbocycles. The molecule has 2 N–H and O–H groups in total. The van der Waals surface area contributed by atoms with Gasteiger partial charge in [-0.3, -0.25) is 13.7 Å². The van der Waals surface area contributed by atoms with Gasteiger partial charge in [0.15, 0.2) is 0 Å². The standard InChI is InChI=1S/C12H17NO4S/c1-10-5-7-11(8-6-10)13(18(16)17)9-3-2-4-12(14)15/h5-8H,2-4,9H2,1H3,(H,14,15)(H,16,17). The first kappa shape index (κ1) is 14.7. The van der Waals surface area contributed by atoms with Gasteiger partial charge in [-0.15, -0.1) is 0 Å². The Balaban J connectivity index is 2.57. The summed E-state index contributed by atoms with van der Waals surface area (Å²) in [4.78, 5) is 10.4. The highest BCUT2D eigenvalue weighted by Crippen LogP contribution is 2.17. The number of benzene rings is 1. The SMILES string of the molecule is Cc1ccc(N(CCCCC(=O)O)S(=O)O)cc1. The molecule has 0 bridgehead atoms. The van der Waals surface area contributed by atoms with E-state index in [0.717, 1.165) is 5.56 Å². The summed E-state index contributed by atoms with van der Waals surface area (Å²) >= 11 is -2.09. The van der Waals surface area contributed by atoms with E-state index in [1.807, 2.05) is 19.1 Å². The molecular weight excluding hydrogens is 254 g/mol. The average molecular weight is 271 g/mol. The highest BCUT2D eigenvalue weighted by molar-refractivity contribution is 7.80. The number of carbonyl (C=O) groups is 1. The third-order valence-electron chi connectivity index (χ3n) is 2.51. The Hall–Kier alpha value is -1.40. The van der Waals surface area contributed by atoms with Gasteiger partial charge in [0.2, 0.25) is 0 Å². The maximum Gasteiger partial charge on any atom is 0.303 e. The summed E-state index contributed by atoms with van der Waals surface area (Å²) in [5, 5.41) is 8.51. The zero-order chi connectivity index (χ0) is 13.5. The first-order valence-electron chi connectivity index (χ1n) is 5.67. The number of hydrogen-bond acceptors (Lipinski definition) is 2. The van der Waals surface area contributed by atoms with Gasteiger partial charge in [0.1, 0.15) is 0 Å². The lowest BCUT2D eigenvalue weighted by atomic mass is 10.2. The lowest BCUT2D eigenvalue weighted by Gasteiger charge is -2.19. The Kier molecular flexibility index (Phi) is 5.80. The molecule has 5 nitrogen and oxygen atoms in total. The van der Waals surface area contributed by atoms with Gasteiger partial charge in [-0.2, -0.15) is 0 Å². The van der Waals surface area contributed by atoms with Gasteiger partial charge in [0, 0.05) is 13.0 Å². The fourth-order valence-electron chi connectivity index (χ4n) is 1.54. The van der Waals surface area contributed by atoms with Crippen LogP contribution in [0.15, 0.2) is 24.3 Å². The molecule has 6 heteroatoms. The summed E-state index contributed by atoms with van der Waals surface area (Å²) < 4.78 is 21.8. The van der Waals surface area contributed by atoms with Crippen molar-refractivity contribution in [3.05, 3.63) is 29.8 Å². The van der Waals surface area contributed by atoms with Crippen LogP contribution >= 0.6 is 0 Å². The Morgan fingerprint density at radius 1 is 1.28 bits per heavy atom. The van der Waals surface area contributed by atoms with Gasteiger partial charge in [0.25, 0.3) is 11.3 Å². The minimum absolute atomic E-state index is 0.0831. The molecule has 1 unspecified atom stereocenters. The number of rotatable bonds is 7. The molecule has 0 amide bonds. The second-order valence-corrected chi connectivity index (χ2v) is 4.92. The van der Waals surface area contributed by atoms with E-state index in [-0.39, 0.29) is 6.42 Å². The van der Waals surface area contributed by atoms with Crippen LogP contribution in [0.2, 0.25) is 0 Å². The maximum atomic E-state index is 11.2. The van der Waals surface area contributed by atoms with Gasteiger partial charge in [-0.1, -0.05) is 17.7 Å². The number of hydrogen-bond donors (Lipinski definition) is 2. The van der Waals surface area contributed by atoms with Crippen molar-refractivity contribution in [3.63, 3.8) is 0 Å². The molecule has 1 rings (SSSR count). The number of unbranched alkanes of at least 4 members (excludes halogenated alkanes) is 1. The number of aryl methyl sites for hydroxylation is 1. The number of carboxylic acids is 1. The third-order valence-corrected chi connectivity index (χ3v) is 3.28. The van der Waals surface area contributed by atoms with Crippen LogP contribution in [-0.2, 0) is 16.1 Å². The molecule has 0 radical (unpaired) electrons. The Morgan fingerprint density at radius 2 is 1.89 bits per heavy atom. The van der Waals surface area contributed by atoms with Crippen LogP contribution in [0.1, 0.15) is 24.8 Å². The number of carboxylic acid groups (broad SMARTS) is 1. The molecule has 0 aromatic heterocycles. The van der Waals surface area contributed by atoms with Crippen LogP contribution in [0, 0.1) is 6.92 Å².